The molecule has 0 spiro atoms. The highest BCUT2D eigenvalue weighted by atomic mass is 31.2. The molecular weight excluding hydrogens is 1170 g/mol. The van der Waals surface area contributed by atoms with Gasteiger partial charge in [-0.3, -0.25) is 37.3 Å². The van der Waals surface area contributed by atoms with Crippen molar-refractivity contribution in [2.24, 2.45) is 5.92 Å². The maximum absolute atomic E-state index is 13.0. The van der Waals surface area contributed by atoms with Gasteiger partial charge in [-0.1, -0.05) is 311 Å². The smallest absolute Gasteiger partial charge is 0.462 e. The minimum absolute atomic E-state index is 0.103. The zero-order valence-electron chi connectivity index (χ0n) is 57.6. The van der Waals surface area contributed by atoms with E-state index in [1.54, 1.807) is 0 Å². The fourth-order valence-electron chi connectivity index (χ4n) is 10.6. The molecule has 0 aromatic rings. The molecule has 3 N–H and O–H groups in total. The van der Waals surface area contributed by atoms with Crippen LogP contribution in [0.3, 0.4) is 0 Å². The first-order chi connectivity index (χ1) is 43.1. The minimum Gasteiger partial charge on any atom is -0.462 e. The topological polar surface area (TPSA) is 237 Å². The van der Waals surface area contributed by atoms with Crippen molar-refractivity contribution >= 4 is 39.5 Å². The molecule has 0 saturated heterocycles. The summed E-state index contributed by atoms with van der Waals surface area (Å²) in [5.74, 6) is -1.41. The number of ether oxygens (including phenoxy) is 4. The number of carbonyl (C=O) groups excluding carboxylic acids is 4. The lowest BCUT2D eigenvalue weighted by molar-refractivity contribution is -0.161. The lowest BCUT2D eigenvalue weighted by Gasteiger charge is -2.21. The summed E-state index contributed by atoms with van der Waals surface area (Å²) in [7, 11) is -9.89. The molecule has 0 amide bonds. The molecule has 0 aliphatic heterocycles. The molecule has 0 saturated carbocycles. The first-order valence-corrected chi connectivity index (χ1v) is 39.7. The van der Waals surface area contributed by atoms with E-state index < -0.39 is 97.5 Å². The molecule has 0 aromatic heterocycles. The second kappa shape index (κ2) is 63.5. The van der Waals surface area contributed by atoms with Gasteiger partial charge in [0.2, 0.25) is 0 Å². The first-order valence-electron chi connectivity index (χ1n) is 36.7. The summed E-state index contributed by atoms with van der Waals surface area (Å²) in [6.45, 7) is 7.15. The van der Waals surface area contributed by atoms with Gasteiger partial charge >= 0.3 is 39.5 Å². The lowest BCUT2D eigenvalue weighted by atomic mass is 10.00. The summed E-state index contributed by atoms with van der Waals surface area (Å²) in [6, 6.07) is 0. The van der Waals surface area contributed by atoms with Gasteiger partial charge < -0.3 is 33.8 Å². The average molecular weight is 1310 g/mol. The van der Waals surface area contributed by atoms with Gasteiger partial charge in [-0.05, 0) is 31.6 Å². The van der Waals surface area contributed by atoms with Gasteiger partial charge in [0.1, 0.15) is 19.3 Å². The molecular formula is C70H136O17P2. The number of esters is 4. The maximum atomic E-state index is 13.0. The predicted octanol–water partition coefficient (Wildman–Crippen LogP) is 20.1. The largest absolute Gasteiger partial charge is 0.472 e. The molecule has 0 radical (unpaired) electrons. The van der Waals surface area contributed by atoms with E-state index in [1.807, 2.05) is 0 Å². The minimum atomic E-state index is -4.95. The molecule has 0 fully saturated rings. The maximum Gasteiger partial charge on any atom is 0.472 e. The van der Waals surface area contributed by atoms with Crippen molar-refractivity contribution in [2.75, 3.05) is 39.6 Å². The average Bonchev–Trinajstić information content (AvgIpc) is 3.73. The van der Waals surface area contributed by atoms with Gasteiger partial charge in [0, 0.05) is 25.7 Å². The second-order valence-corrected chi connectivity index (χ2v) is 28.4. The van der Waals surface area contributed by atoms with Crippen molar-refractivity contribution in [1.82, 2.24) is 0 Å². The van der Waals surface area contributed by atoms with Crippen LogP contribution in [0.25, 0.3) is 0 Å². The highest BCUT2D eigenvalue weighted by Gasteiger charge is 2.30. The van der Waals surface area contributed by atoms with E-state index in [-0.39, 0.29) is 25.7 Å². The summed E-state index contributed by atoms with van der Waals surface area (Å²) in [5.41, 5.74) is 0. The number of hydrogen-bond donors (Lipinski definition) is 3. The van der Waals surface area contributed by atoms with Crippen LogP contribution in [0.4, 0.5) is 0 Å². The van der Waals surface area contributed by atoms with Crippen molar-refractivity contribution in [3.05, 3.63) is 0 Å². The molecule has 0 aliphatic rings. The van der Waals surface area contributed by atoms with E-state index in [0.29, 0.717) is 25.7 Å². The lowest BCUT2D eigenvalue weighted by Crippen LogP contribution is -2.30. The Morgan fingerprint density at radius 3 is 0.798 bits per heavy atom. The normalized spacial score (nSPS) is 14.4. The SMILES string of the molecule is CCCCCCCCCCCCCCCCCCCCCCC(=O)O[C@H](COC(=O)CCCCCCCCCCCCCC)COP(=O)(O)OC[C@@H](O)COP(=O)(O)OC[C@@H](COC(=O)CCCCCCCCC)OC(=O)CCCCCCCCC(C)CC. The standard InChI is InChI=1S/C70H136O17P2/c1-6-10-13-16-19-21-23-25-26-27-28-29-30-31-32-34-36-39-45-50-55-69(74)86-65(60-81-68(73)54-49-44-38-35-33-24-22-20-17-14-11-7-2)61-84-88(76,77)82-57-64(71)58-83-89(78,79)85-62-66(59-80-67(72)53-48-43-37-18-15-12-8-3)87-70(75)56-51-46-41-40-42-47-52-63(5)9-4/h63-66,71H,6-62H2,1-5H3,(H,76,77)(H,78,79)/t63?,64-,65-,66-/m1/s1. The number of hydrogen-bond acceptors (Lipinski definition) is 15. The van der Waals surface area contributed by atoms with Gasteiger partial charge in [-0.15, -0.1) is 0 Å². The Balaban J connectivity index is 5.15. The predicted molar refractivity (Wildman–Crippen MR) is 358 cm³/mol. The molecule has 0 rings (SSSR count). The van der Waals surface area contributed by atoms with Gasteiger partial charge in [0.25, 0.3) is 0 Å². The summed E-state index contributed by atoms with van der Waals surface area (Å²) >= 11 is 0. The Morgan fingerprint density at radius 2 is 0.539 bits per heavy atom. The summed E-state index contributed by atoms with van der Waals surface area (Å²) < 4.78 is 68.1. The quantitative estimate of drug-likeness (QED) is 0.0222. The summed E-state index contributed by atoms with van der Waals surface area (Å²) in [6.07, 6.45) is 50.2. The zero-order valence-corrected chi connectivity index (χ0v) is 59.4. The number of carbonyl (C=O) groups is 4. The Kier molecular flexibility index (Phi) is 62.1. The Morgan fingerprint density at radius 1 is 0.315 bits per heavy atom. The molecule has 0 heterocycles. The van der Waals surface area contributed by atoms with Crippen LogP contribution in [0.5, 0.6) is 0 Å². The van der Waals surface area contributed by atoms with Crippen molar-refractivity contribution in [1.29, 1.82) is 0 Å². The molecule has 6 atom stereocenters. The summed E-state index contributed by atoms with van der Waals surface area (Å²) in [4.78, 5) is 72.3. The van der Waals surface area contributed by atoms with E-state index in [2.05, 4.69) is 34.6 Å². The Labute approximate surface area is 543 Å². The monoisotopic (exact) mass is 1310 g/mol. The summed E-state index contributed by atoms with van der Waals surface area (Å²) in [5, 5.41) is 10.6. The van der Waals surface area contributed by atoms with Crippen LogP contribution in [0.2, 0.25) is 0 Å². The van der Waals surface area contributed by atoms with Crippen LogP contribution < -0.4 is 0 Å². The third-order valence-corrected chi connectivity index (χ3v) is 18.5. The van der Waals surface area contributed by atoms with E-state index in [1.165, 1.54) is 173 Å². The number of phosphoric acid groups is 2. The van der Waals surface area contributed by atoms with Gasteiger partial charge in [-0.25, -0.2) is 9.13 Å². The molecule has 89 heavy (non-hydrogen) atoms. The van der Waals surface area contributed by atoms with Gasteiger partial charge in [0.15, 0.2) is 12.2 Å². The van der Waals surface area contributed by atoms with E-state index in [4.69, 9.17) is 37.0 Å². The van der Waals surface area contributed by atoms with E-state index >= 15 is 0 Å². The Bertz CT molecular complexity index is 1720. The molecule has 3 unspecified atom stereocenters. The van der Waals surface area contributed by atoms with Crippen LogP contribution in [0.15, 0.2) is 0 Å². The number of aliphatic hydroxyl groups excluding tert-OH is 1. The number of phosphoric ester groups is 2. The number of unbranched alkanes of at least 4 members (excludes halogenated alkanes) is 41. The first kappa shape index (κ1) is 87.1. The molecule has 0 aliphatic carbocycles. The van der Waals surface area contributed by atoms with Crippen LogP contribution in [0, 0.1) is 5.92 Å². The van der Waals surface area contributed by atoms with Gasteiger partial charge in [-0.2, -0.15) is 0 Å². The van der Waals surface area contributed by atoms with Crippen LogP contribution >= 0.6 is 15.6 Å². The number of rotatable bonds is 70. The van der Waals surface area contributed by atoms with Crippen LogP contribution in [0.1, 0.15) is 362 Å². The second-order valence-electron chi connectivity index (χ2n) is 25.5. The highest BCUT2D eigenvalue weighted by molar-refractivity contribution is 7.47. The molecule has 17 nitrogen and oxygen atoms in total. The van der Waals surface area contributed by atoms with Crippen molar-refractivity contribution in [3.8, 4) is 0 Å². The van der Waals surface area contributed by atoms with Crippen molar-refractivity contribution in [3.63, 3.8) is 0 Å². The van der Waals surface area contributed by atoms with Crippen molar-refractivity contribution in [2.45, 2.75) is 380 Å². The van der Waals surface area contributed by atoms with Crippen LogP contribution in [-0.2, 0) is 65.4 Å². The third-order valence-electron chi connectivity index (χ3n) is 16.6. The fourth-order valence-corrected chi connectivity index (χ4v) is 12.2. The molecule has 0 aromatic carbocycles. The third kappa shape index (κ3) is 63.2. The molecule has 0 bridgehead atoms. The van der Waals surface area contributed by atoms with Gasteiger partial charge in [0.05, 0.1) is 26.4 Å². The molecule has 19 heteroatoms. The van der Waals surface area contributed by atoms with Crippen molar-refractivity contribution < 1.29 is 80.2 Å². The van der Waals surface area contributed by atoms with E-state index in [0.717, 1.165) is 109 Å². The molecule has 528 valence electrons. The number of aliphatic hydroxyl groups is 1. The van der Waals surface area contributed by atoms with E-state index in [9.17, 15) is 43.2 Å². The zero-order chi connectivity index (χ0) is 65.6. The highest BCUT2D eigenvalue weighted by Crippen LogP contribution is 2.45. The van der Waals surface area contributed by atoms with Crippen LogP contribution in [-0.4, -0.2) is 96.7 Å². The fraction of sp³-hybridized carbons (Fsp3) is 0.943. The Hall–Kier alpha value is -1.94.